The molecule has 2 amide bonds. The van der Waals surface area contributed by atoms with Gasteiger partial charge in [-0.3, -0.25) is 9.59 Å². The van der Waals surface area contributed by atoms with E-state index in [0.29, 0.717) is 11.0 Å². The molecule has 0 saturated carbocycles. The predicted molar refractivity (Wildman–Crippen MR) is 124 cm³/mol. The molecule has 1 aromatic heterocycles. The lowest BCUT2D eigenvalue weighted by atomic mass is 9.83. The van der Waals surface area contributed by atoms with E-state index < -0.39 is 47.0 Å². The van der Waals surface area contributed by atoms with E-state index >= 15 is 0 Å². The molecule has 0 spiro atoms. The average molecular weight is 502 g/mol. The Bertz CT molecular complexity index is 1280. The number of primary amides is 1. The summed E-state index contributed by atoms with van der Waals surface area (Å²) in [5.74, 6) is -4.10. The third kappa shape index (κ3) is 4.31. The molecule has 0 aliphatic carbocycles. The van der Waals surface area contributed by atoms with Crippen molar-refractivity contribution in [1.82, 2.24) is 4.90 Å². The van der Waals surface area contributed by atoms with E-state index in [2.05, 4.69) is 0 Å². The normalized spacial score (nSPS) is 22.3. The fraction of sp³-hybridized carbons (Fsp3) is 0.346. The number of fused-ring (bicyclic) bond motifs is 1. The molecule has 1 aliphatic rings. The number of hydrogen-bond donors (Lipinski definition) is 2. The first-order valence-electron chi connectivity index (χ1n) is 11.4. The Balaban J connectivity index is 1.91. The minimum atomic E-state index is -4.61. The number of aliphatic carboxylic acids is 1. The number of alkyl halides is 3. The van der Waals surface area contributed by atoms with E-state index in [1.54, 1.807) is 44.2 Å². The number of rotatable bonds is 6. The largest absolute Gasteiger partial charge is 0.479 e. The van der Waals surface area contributed by atoms with Crippen molar-refractivity contribution in [1.29, 1.82) is 0 Å². The Kier molecular flexibility index (Phi) is 6.32. The third-order valence-corrected chi connectivity index (χ3v) is 6.60. The quantitative estimate of drug-likeness (QED) is 0.492. The minimum Gasteiger partial charge on any atom is -0.479 e. The smallest absolute Gasteiger partial charge is 0.416 e. The SMILES string of the molecule is CC(C)CC1(C(=O)O)CC(C(N)=O)C(c2cc3ccccc3o2)N1C(=O)c1ccc(C(F)(F)F)cc1. The van der Waals surface area contributed by atoms with Gasteiger partial charge in [0.25, 0.3) is 5.91 Å². The lowest BCUT2D eigenvalue weighted by molar-refractivity contribution is -0.150. The number of likely N-dealkylation sites (tertiary alicyclic amines) is 1. The highest BCUT2D eigenvalue weighted by Crippen LogP contribution is 2.51. The Morgan fingerprint density at radius 1 is 1.14 bits per heavy atom. The zero-order valence-corrected chi connectivity index (χ0v) is 19.6. The number of hydrogen-bond acceptors (Lipinski definition) is 4. The van der Waals surface area contributed by atoms with Gasteiger partial charge in [-0.05, 0) is 55.2 Å². The highest BCUT2D eigenvalue weighted by molar-refractivity contribution is 6.00. The zero-order valence-electron chi connectivity index (χ0n) is 19.6. The van der Waals surface area contributed by atoms with Gasteiger partial charge < -0.3 is 20.2 Å². The average Bonchev–Trinajstić information content (AvgIpc) is 3.37. The number of furan rings is 1. The Hall–Kier alpha value is -3.82. The maximum atomic E-state index is 13.9. The van der Waals surface area contributed by atoms with E-state index in [1.807, 2.05) is 0 Å². The summed E-state index contributed by atoms with van der Waals surface area (Å²) in [4.78, 5) is 40.3. The number of nitrogens with zero attached hydrogens (tertiary/aromatic N) is 1. The van der Waals surface area contributed by atoms with Crippen LogP contribution in [0.15, 0.2) is 59.0 Å². The van der Waals surface area contributed by atoms with E-state index in [4.69, 9.17) is 10.2 Å². The molecule has 1 aliphatic heterocycles. The molecular weight excluding hydrogens is 477 g/mol. The molecule has 4 rings (SSSR count). The monoisotopic (exact) mass is 502 g/mol. The Morgan fingerprint density at radius 3 is 2.31 bits per heavy atom. The van der Waals surface area contributed by atoms with Crippen LogP contribution < -0.4 is 5.73 Å². The van der Waals surface area contributed by atoms with E-state index in [-0.39, 0.29) is 30.1 Å². The topological polar surface area (TPSA) is 114 Å². The standard InChI is InChI=1S/C26H25F3N2O5/c1-14(2)12-25(24(34)35)13-18(22(30)32)21(20-11-16-5-3-4-6-19(16)36-20)31(25)23(33)15-7-9-17(10-8-15)26(27,28)29/h3-11,14,18,21H,12-13H2,1-2H3,(H2,30,32)(H,34,35). The fourth-order valence-corrected chi connectivity index (χ4v) is 5.15. The lowest BCUT2D eigenvalue weighted by Crippen LogP contribution is -2.54. The molecule has 0 radical (unpaired) electrons. The van der Waals surface area contributed by atoms with Gasteiger partial charge in [0.2, 0.25) is 5.91 Å². The first kappa shape index (κ1) is 25.3. The molecule has 3 atom stereocenters. The number of para-hydroxylation sites is 1. The zero-order chi connectivity index (χ0) is 26.4. The van der Waals surface area contributed by atoms with Gasteiger partial charge in [0.15, 0.2) is 0 Å². The summed E-state index contributed by atoms with van der Waals surface area (Å²) < 4.78 is 45.2. The van der Waals surface area contributed by atoms with Gasteiger partial charge in [-0.15, -0.1) is 0 Å². The van der Waals surface area contributed by atoms with E-state index in [9.17, 15) is 32.7 Å². The van der Waals surface area contributed by atoms with Crippen LogP contribution in [0.2, 0.25) is 0 Å². The molecule has 1 fully saturated rings. The summed E-state index contributed by atoms with van der Waals surface area (Å²) in [6.07, 6.45) is -4.87. The van der Waals surface area contributed by atoms with Crippen LogP contribution in [0.5, 0.6) is 0 Å². The van der Waals surface area contributed by atoms with Crippen LogP contribution in [0.1, 0.15) is 54.4 Å². The molecule has 190 valence electrons. The number of nitrogens with two attached hydrogens (primary N) is 1. The maximum absolute atomic E-state index is 13.9. The Labute approximate surface area is 204 Å². The van der Waals surface area contributed by atoms with Crippen molar-refractivity contribution in [2.75, 3.05) is 0 Å². The van der Waals surface area contributed by atoms with Gasteiger partial charge in [-0.1, -0.05) is 32.0 Å². The molecule has 0 bridgehead atoms. The van der Waals surface area contributed by atoms with Crippen molar-refractivity contribution in [2.45, 2.75) is 44.4 Å². The highest BCUT2D eigenvalue weighted by Gasteiger charge is 2.61. The second kappa shape index (κ2) is 9.00. The molecule has 3 aromatic rings. The molecule has 3 unspecified atom stereocenters. The third-order valence-electron chi connectivity index (χ3n) is 6.60. The van der Waals surface area contributed by atoms with Crippen LogP contribution >= 0.6 is 0 Å². The number of benzene rings is 2. The van der Waals surface area contributed by atoms with Crippen molar-refractivity contribution in [3.63, 3.8) is 0 Å². The first-order valence-corrected chi connectivity index (χ1v) is 11.4. The summed E-state index contributed by atoms with van der Waals surface area (Å²) >= 11 is 0. The van der Waals surface area contributed by atoms with Crippen molar-refractivity contribution in [2.24, 2.45) is 17.6 Å². The molecule has 2 aromatic carbocycles. The summed E-state index contributed by atoms with van der Waals surface area (Å²) in [5, 5.41) is 11.1. The second-order valence-corrected chi connectivity index (χ2v) is 9.53. The van der Waals surface area contributed by atoms with Gasteiger partial charge in [-0.25, -0.2) is 4.79 Å². The van der Waals surface area contributed by atoms with E-state index in [0.717, 1.165) is 29.2 Å². The Morgan fingerprint density at radius 2 is 1.78 bits per heavy atom. The predicted octanol–water partition coefficient (Wildman–Crippen LogP) is 5.01. The highest BCUT2D eigenvalue weighted by atomic mass is 19.4. The minimum absolute atomic E-state index is 0.00475. The molecule has 3 N–H and O–H groups in total. The van der Waals surface area contributed by atoms with Crippen molar-refractivity contribution in [3.8, 4) is 0 Å². The van der Waals surface area contributed by atoms with Gasteiger partial charge in [0, 0.05) is 10.9 Å². The lowest BCUT2D eigenvalue weighted by Gasteiger charge is -2.38. The van der Waals surface area contributed by atoms with Crippen LogP contribution in [0.25, 0.3) is 11.0 Å². The van der Waals surface area contributed by atoms with Gasteiger partial charge in [-0.2, -0.15) is 13.2 Å². The fourth-order valence-electron chi connectivity index (χ4n) is 5.15. The van der Waals surface area contributed by atoms with Crippen LogP contribution in [-0.4, -0.2) is 33.3 Å². The number of amides is 2. The van der Waals surface area contributed by atoms with Crippen LogP contribution in [0, 0.1) is 11.8 Å². The van der Waals surface area contributed by atoms with Crippen molar-refractivity contribution in [3.05, 3.63) is 71.5 Å². The van der Waals surface area contributed by atoms with Gasteiger partial charge in [0.1, 0.15) is 22.9 Å². The van der Waals surface area contributed by atoms with Crippen LogP contribution in [0.4, 0.5) is 13.2 Å². The maximum Gasteiger partial charge on any atom is 0.416 e. The number of carboxylic acid groups (broad SMARTS) is 1. The summed E-state index contributed by atoms with van der Waals surface area (Å²) in [6, 6.07) is 10.9. The number of carbonyl (C=O) groups is 3. The number of carboxylic acids is 1. The van der Waals surface area contributed by atoms with E-state index in [1.165, 1.54) is 0 Å². The van der Waals surface area contributed by atoms with Crippen LogP contribution in [-0.2, 0) is 15.8 Å². The number of halogens is 3. The number of carbonyl (C=O) groups excluding carboxylic acids is 2. The molecule has 36 heavy (non-hydrogen) atoms. The summed E-state index contributed by atoms with van der Waals surface area (Å²) in [5.41, 5.74) is 3.24. The van der Waals surface area contributed by atoms with Crippen molar-refractivity contribution >= 4 is 28.8 Å². The molecule has 1 saturated heterocycles. The molecule has 10 heteroatoms. The first-order chi connectivity index (χ1) is 16.8. The van der Waals surface area contributed by atoms with Crippen LogP contribution in [0.3, 0.4) is 0 Å². The molecule has 7 nitrogen and oxygen atoms in total. The summed E-state index contributed by atoms with van der Waals surface area (Å²) in [6.45, 7) is 3.55. The summed E-state index contributed by atoms with van der Waals surface area (Å²) in [7, 11) is 0. The molecular formula is C26H25F3N2O5. The second-order valence-electron chi connectivity index (χ2n) is 9.53. The van der Waals surface area contributed by atoms with Gasteiger partial charge in [0.05, 0.1) is 11.5 Å². The molecule has 2 heterocycles. The van der Waals surface area contributed by atoms with Gasteiger partial charge >= 0.3 is 12.1 Å². The van der Waals surface area contributed by atoms with Crippen molar-refractivity contribution < 1.29 is 37.1 Å².